The lowest BCUT2D eigenvalue weighted by Gasteiger charge is -2.22. The fraction of sp³-hybridized carbons (Fsp3) is 0.588. The van der Waals surface area contributed by atoms with Crippen molar-refractivity contribution >= 4 is 22.6 Å². The van der Waals surface area contributed by atoms with Gasteiger partial charge in [-0.3, -0.25) is 0 Å². The van der Waals surface area contributed by atoms with Gasteiger partial charge >= 0.3 is 0 Å². The van der Waals surface area contributed by atoms with E-state index in [0.717, 1.165) is 30.1 Å². The van der Waals surface area contributed by atoms with Gasteiger partial charge in [-0.15, -0.1) is 11.6 Å². The smallest absolute Gasteiger partial charge is 0.121 e. The number of imidazole rings is 1. The van der Waals surface area contributed by atoms with Gasteiger partial charge in [-0.2, -0.15) is 0 Å². The van der Waals surface area contributed by atoms with Crippen molar-refractivity contribution in [1.82, 2.24) is 9.55 Å². The van der Waals surface area contributed by atoms with Gasteiger partial charge in [0, 0.05) is 24.9 Å². The van der Waals surface area contributed by atoms with Gasteiger partial charge < -0.3 is 9.30 Å². The van der Waals surface area contributed by atoms with Gasteiger partial charge in [0.15, 0.2) is 0 Å². The average Bonchev–Trinajstić information content (AvgIpc) is 3.18. The quantitative estimate of drug-likeness (QED) is 0.746. The summed E-state index contributed by atoms with van der Waals surface area (Å²) in [6.07, 6.45) is 3.45. The van der Waals surface area contributed by atoms with Crippen LogP contribution in [0.15, 0.2) is 18.2 Å². The lowest BCUT2D eigenvalue weighted by Crippen LogP contribution is -2.19. The molecule has 0 saturated heterocycles. The van der Waals surface area contributed by atoms with Crippen LogP contribution in [0.5, 0.6) is 5.75 Å². The first-order valence-corrected chi connectivity index (χ1v) is 8.22. The molecule has 0 bridgehead atoms. The summed E-state index contributed by atoms with van der Waals surface area (Å²) >= 11 is 5.97. The molecule has 1 aromatic heterocycles. The van der Waals surface area contributed by atoms with Gasteiger partial charge in [0.2, 0.25) is 0 Å². The molecule has 1 aliphatic rings. The van der Waals surface area contributed by atoms with E-state index in [4.69, 9.17) is 21.3 Å². The zero-order valence-corrected chi connectivity index (χ0v) is 13.8. The summed E-state index contributed by atoms with van der Waals surface area (Å²) in [5, 5.41) is 0. The maximum absolute atomic E-state index is 5.97. The average molecular weight is 307 g/mol. The van der Waals surface area contributed by atoms with Crippen LogP contribution in [0.2, 0.25) is 0 Å². The lowest BCUT2D eigenvalue weighted by molar-refractivity contribution is 0.309. The maximum Gasteiger partial charge on any atom is 0.121 e. The van der Waals surface area contributed by atoms with Crippen molar-refractivity contribution in [2.24, 2.45) is 11.3 Å². The molecule has 2 aromatic rings. The number of nitrogens with zero attached hydrogens (tertiary/aromatic N) is 2. The lowest BCUT2D eigenvalue weighted by atomic mass is 9.92. The van der Waals surface area contributed by atoms with Crippen LogP contribution in [0.4, 0.5) is 0 Å². The number of halogens is 1. The summed E-state index contributed by atoms with van der Waals surface area (Å²) in [7, 11) is 1.69. The Kier molecular flexibility index (Phi) is 3.87. The fourth-order valence-electron chi connectivity index (χ4n) is 3.13. The Morgan fingerprint density at radius 2 is 2.14 bits per heavy atom. The van der Waals surface area contributed by atoms with Crippen LogP contribution in [0.1, 0.15) is 32.5 Å². The van der Waals surface area contributed by atoms with E-state index in [1.165, 1.54) is 18.4 Å². The van der Waals surface area contributed by atoms with Crippen LogP contribution >= 0.6 is 11.6 Å². The second kappa shape index (κ2) is 5.53. The van der Waals surface area contributed by atoms with Gasteiger partial charge in [0.25, 0.3) is 0 Å². The Morgan fingerprint density at radius 3 is 2.71 bits per heavy atom. The molecular formula is C17H23ClN2O. The topological polar surface area (TPSA) is 27.1 Å². The third-order valence-electron chi connectivity index (χ3n) is 4.94. The fourth-order valence-corrected chi connectivity index (χ4v) is 3.30. The third-order valence-corrected chi connectivity index (χ3v) is 5.13. The summed E-state index contributed by atoms with van der Waals surface area (Å²) in [5.41, 5.74) is 2.66. The first-order valence-electron chi connectivity index (χ1n) is 7.69. The number of fused-ring (bicyclic) bond motifs is 1. The Bertz CT molecular complexity index is 644. The number of ether oxygens (including phenoxy) is 1. The van der Waals surface area contributed by atoms with Crippen molar-refractivity contribution in [1.29, 1.82) is 0 Å². The number of rotatable bonds is 6. The maximum atomic E-state index is 5.97. The standard InChI is InChI=1S/C17H23ClN2O/c1-12(2)17(7-8-17)11-20-15-5-4-13(21-3)10-14(15)19-16(20)6-9-18/h4-5,10,12H,6-9,11H2,1-3H3. The molecule has 1 fully saturated rings. The van der Waals surface area contributed by atoms with Gasteiger partial charge in [-0.25, -0.2) is 4.98 Å². The van der Waals surface area contributed by atoms with E-state index < -0.39 is 0 Å². The third kappa shape index (κ3) is 2.64. The monoisotopic (exact) mass is 306 g/mol. The molecule has 1 aromatic carbocycles. The predicted molar refractivity (Wildman–Crippen MR) is 87.2 cm³/mol. The molecule has 1 aliphatic carbocycles. The molecule has 0 amide bonds. The number of methoxy groups -OCH3 is 1. The zero-order valence-electron chi connectivity index (χ0n) is 13.0. The normalized spacial score (nSPS) is 16.6. The van der Waals surface area contributed by atoms with Gasteiger partial charge in [0.1, 0.15) is 11.6 Å². The van der Waals surface area contributed by atoms with Crippen molar-refractivity contribution in [3.8, 4) is 5.75 Å². The molecular weight excluding hydrogens is 284 g/mol. The van der Waals surface area contributed by atoms with Crippen LogP contribution in [0.25, 0.3) is 11.0 Å². The minimum atomic E-state index is 0.453. The van der Waals surface area contributed by atoms with E-state index in [1.807, 2.05) is 12.1 Å². The molecule has 3 nitrogen and oxygen atoms in total. The molecule has 3 rings (SSSR count). The molecule has 0 unspecified atom stereocenters. The Balaban J connectivity index is 2.04. The first-order chi connectivity index (χ1) is 10.1. The highest BCUT2D eigenvalue weighted by molar-refractivity contribution is 6.17. The van der Waals surface area contributed by atoms with Crippen molar-refractivity contribution in [3.05, 3.63) is 24.0 Å². The molecule has 4 heteroatoms. The van der Waals surface area contributed by atoms with E-state index in [1.54, 1.807) is 7.11 Å². The van der Waals surface area contributed by atoms with Gasteiger partial charge in [0.05, 0.1) is 18.1 Å². The highest BCUT2D eigenvalue weighted by atomic mass is 35.5. The summed E-state index contributed by atoms with van der Waals surface area (Å²) in [5.74, 6) is 3.27. The van der Waals surface area contributed by atoms with Crippen molar-refractivity contribution in [2.45, 2.75) is 39.7 Å². The van der Waals surface area contributed by atoms with Gasteiger partial charge in [-0.05, 0) is 36.3 Å². The van der Waals surface area contributed by atoms with Crippen LogP contribution in [0.3, 0.4) is 0 Å². The highest BCUT2D eigenvalue weighted by Crippen LogP contribution is 2.53. The van der Waals surface area contributed by atoms with E-state index in [-0.39, 0.29) is 0 Å². The zero-order chi connectivity index (χ0) is 15.0. The van der Waals surface area contributed by atoms with Gasteiger partial charge in [-0.1, -0.05) is 13.8 Å². The molecule has 21 heavy (non-hydrogen) atoms. The molecule has 1 heterocycles. The van der Waals surface area contributed by atoms with E-state index >= 15 is 0 Å². The Labute approximate surface area is 131 Å². The summed E-state index contributed by atoms with van der Waals surface area (Å²) in [6, 6.07) is 6.15. The van der Waals surface area contributed by atoms with E-state index in [2.05, 4.69) is 24.5 Å². The molecule has 1 saturated carbocycles. The largest absolute Gasteiger partial charge is 0.497 e. The van der Waals surface area contributed by atoms with Crippen LogP contribution in [-0.4, -0.2) is 22.5 Å². The SMILES string of the molecule is COc1ccc2c(c1)nc(CCCl)n2CC1(C(C)C)CC1. The molecule has 0 radical (unpaired) electrons. The summed E-state index contributed by atoms with van der Waals surface area (Å²) in [4.78, 5) is 4.78. The van der Waals surface area contributed by atoms with Crippen LogP contribution < -0.4 is 4.74 Å². The number of alkyl halides is 1. The van der Waals surface area contributed by atoms with Crippen molar-refractivity contribution < 1.29 is 4.74 Å². The Hall–Kier alpha value is -1.22. The number of aryl methyl sites for hydroxylation is 1. The Morgan fingerprint density at radius 1 is 1.38 bits per heavy atom. The van der Waals surface area contributed by atoms with Crippen molar-refractivity contribution in [2.75, 3.05) is 13.0 Å². The molecule has 0 aliphatic heterocycles. The summed E-state index contributed by atoms with van der Waals surface area (Å²) < 4.78 is 7.69. The predicted octanol–water partition coefficient (Wildman–Crippen LogP) is 4.26. The van der Waals surface area contributed by atoms with Crippen molar-refractivity contribution in [3.63, 3.8) is 0 Å². The minimum absolute atomic E-state index is 0.453. The minimum Gasteiger partial charge on any atom is -0.497 e. The number of aromatic nitrogens is 2. The van der Waals surface area contributed by atoms with Crippen LogP contribution in [0, 0.1) is 11.3 Å². The van der Waals surface area contributed by atoms with Crippen LogP contribution in [-0.2, 0) is 13.0 Å². The second-order valence-electron chi connectivity index (χ2n) is 6.42. The molecule has 0 spiro atoms. The van der Waals surface area contributed by atoms with E-state index in [9.17, 15) is 0 Å². The summed E-state index contributed by atoms with van der Waals surface area (Å²) in [6.45, 7) is 5.71. The molecule has 0 N–H and O–H groups in total. The number of benzene rings is 1. The molecule has 114 valence electrons. The second-order valence-corrected chi connectivity index (χ2v) is 6.80. The van der Waals surface area contributed by atoms with E-state index in [0.29, 0.717) is 17.2 Å². The molecule has 0 atom stereocenters. The first kappa shape index (κ1) is 14.7. The highest BCUT2D eigenvalue weighted by Gasteiger charge is 2.46. The number of hydrogen-bond donors (Lipinski definition) is 0. The number of hydrogen-bond acceptors (Lipinski definition) is 2.